The van der Waals surface area contributed by atoms with Crippen LogP contribution in [0.1, 0.15) is 26.2 Å². The van der Waals surface area contributed by atoms with Crippen molar-refractivity contribution in [3.8, 4) is 11.5 Å². The molecule has 0 saturated heterocycles. The van der Waals surface area contributed by atoms with E-state index in [-0.39, 0.29) is 0 Å². The molecule has 14 heavy (non-hydrogen) atoms. The van der Waals surface area contributed by atoms with Crippen molar-refractivity contribution in [2.45, 2.75) is 58.0 Å². The molecule has 0 aliphatic heterocycles. The minimum atomic E-state index is -1.43. The van der Waals surface area contributed by atoms with Gasteiger partial charge in [0.1, 0.15) is 14.2 Å². The number of aliphatic hydroxyl groups excluding tert-OH is 2. The van der Waals surface area contributed by atoms with Crippen molar-refractivity contribution in [2.75, 3.05) is 0 Å². The van der Waals surface area contributed by atoms with Crippen molar-refractivity contribution in [1.29, 1.82) is 0 Å². The van der Waals surface area contributed by atoms with E-state index in [1.807, 2.05) is 0 Å². The van der Waals surface area contributed by atoms with E-state index in [2.05, 4.69) is 38.0 Å². The summed E-state index contributed by atoms with van der Waals surface area (Å²) in [6.45, 7) is 8.41. The highest BCUT2D eigenvalue weighted by molar-refractivity contribution is 6.83. The Morgan fingerprint density at radius 2 is 1.79 bits per heavy atom. The predicted molar refractivity (Wildman–Crippen MR) is 62.7 cm³/mol. The Hall–Kier alpha value is -0.303. The third-order valence-corrected chi connectivity index (χ3v) is 2.71. The van der Waals surface area contributed by atoms with E-state index in [9.17, 15) is 10.2 Å². The summed E-state index contributed by atoms with van der Waals surface area (Å²) in [6, 6.07) is 0. The molecule has 0 radical (unpaired) electrons. The lowest BCUT2D eigenvalue weighted by Gasteiger charge is -2.13. The maximum absolute atomic E-state index is 9.51. The lowest BCUT2D eigenvalue weighted by atomic mass is 10.1. The van der Waals surface area contributed by atoms with Crippen molar-refractivity contribution in [3.63, 3.8) is 0 Å². The van der Waals surface area contributed by atoms with Crippen LogP contribution in [0, 0.1) is 11.5 Å². The molecule has 0 aromatic heterocycles. The molecule has 0 aromatic carbocycles. The average Bonchev–Trinajstić information content (AvgIpc) is 2.09. The van der Waals surface area contributed by atoms with Crippen LogP contribution in [0.15, 0.2) is 0 Å². The fourth-order valence-electron chi connectivity index (χ4n) is 0.958. The van der Waals surface area contributed by atoms with Gasteiger partial charge in [0.25, 0.3) is 0 Å². The Bertz CT molecular complexity index is 210. The largest absolute Gasteiger partial charge is 0.389 e. The Labute approximate surface area is 88.4 Å². The highest BCUT2D eigenvalue weighted by Crippen LogP contribution is 2.05. The lowest BCUT2D eigenvalue weighted by Crippen LogP contribution is -2.26. The minimum absolute atomic E-state index is 0.637. The van der Waals surface area contributed by atoms with E-state index in [1.54, 1.807) is 0 Å². The molecule has 0 rings (SSSR count). The second kappa shape index (κ2) is 6.23. The van der Waals surface area contributed by atoms with E-state index in [0.29, 0.717) is 6.42 Å². The van der Waals surface area contributed by atoms with Crippen LogP contribution in [-0.2, 0) is 0 Å². The van der Waals surface area contributed by atoms with Crippen molar-refractivity contribution < 1.29 is 10.2 Å². The molecule has 3 heteroatoms. The van der Waals surface area contributed by atoms with Gasteiger partial charge in [0.2, 0.25) is 0 Å². The van der Waals surface area contributed by atoms with Gasteiger partial charge in [-0.05, 0) is 6.42 Å². The summed E-state index contributed by atoms with van der Waals surface area (Å²) >= 11 is 0. The fraction of sp³-hybridized carbons (Fsp3) is 0.818. The van der Waals surface area contributed by atoms with Gasteiger partial charge in [-0.1, -0.05) is 45.3 Å². The van der Waals surface area contributed by atoms with E-state index >= 15 is 0 Å². The number of hydrogen-bond acceptors (Lipinski definition) is 2. The molecule has 0 fully saturated rings. The molecule has 2 unspecified atom stereocenters. The smallest absolute Gasteiger partial charge is 0.139 e. The van der Waals surface area contributed by atoms with Gasteiger partial charge in [-0.3, -0.25) is 0 Å². The number of hydrogen-bond donors (Lipinski definition) is 2. The van der Waals surface area contributed by atoms with E-state index in [0.717, 1.165) is 12.8 Å². The highest BCUT2D eigenvalue weighted by Gasteiger charge is 2.14. The first-order chi connectivity index (χ1) is 6.37. The van der Waals surface area contributed by atoms with Crippen molar-refractivity contribution >= 4 is 8.07 Å². The van der Waals surface area contributed by atoms with Gasteiger partial charge in [0.15, 0.2) is 0 Å². The average molecular weight is 214 g/mol. The minimum Gasteiger partial charge on any atom is -0.389 e. The number of unbranched alkanes of at least 4 members (excludes halogenated alkanes) is 1. The zero-order chi connectivity index (χ0) is 11.2. The maximum Gasteiger partial charge on any atom is 0.139 e. The molecule has 0 saturated carbocycles. The van der Waals surface area contributed by atoms with Crippen LogP contribution in [0.5, 0.6) is 0 Å². The third-order valence-electron chi connectivity index (χ3n) is 1.81. The summed E-state index contributed by atoms with van der Waals surface area (Å²) in [6.07, 6.45) is 1.06. The topological polar surface area (TPSA) is 40.5 Å². The molecule has 0 aliphatic rings. The van der Waals surface area contributed by atoms with E-state index in [1.165, 1.54) is 0 Å². The van der Waals surface area contributed by atoms with Gasteiger partial charge < -0.3 is 10.2 Å². The fourth-order valence-corrected chi connectivity index (χ4v) is 1.54. The van der Waals surface area contributed by atoms with Crippen LogP contribution in [0.25, 0.3) is 0 Å². The first-order valence-electron chi connectivity index (χ1n) is 5.25. The second-order valence-electron chi connectivity index (χ2n) is 4.67. The van der Waals surface area contributed by atoms with E-state index in [4.69, 9.17) is 0 Å². The molecule has 0 spiro atoms. The Kier molecular flexibility index (Phi) is 6.10. The summed E-state index contributed by atoms with van der Waals surface area (Å²) in [5, 5.41) is 19.0. The van der Waals surface area contributed by atoms with Crippen LogP contribution in [0.3, 0.4) is 0 Å². The summed E-state index contributed by atoms with van der Waals surface area (Å²) < 4.78 is 0. The molecular formula is C11H22O2Si. The first-order valence-corrected chi connectivity index (χ1v) is 8.75. The molecule has 2 N–H and O–H groups in total. The molecular weight excluding hydrogens is 192 g/mol. The highest BCUT2D eigenvalue weighted by atomic mass is 28.3. The van der Waals surface area contributed by atoms with Gasteiger partial charge in [-0.25, -0.2) is 0 Å². The van der Waals surface area contributed by atoms with Crippen LogP contribution in [-0.4, -0.2) is 30.5 Å². The summed E-state index contributed by atoms with van der Waals surface area (Å²) in [5.74, 6) is 2.75. The number of aliphatic hydroxyl groups is 2. The normalized spacial score (nSPS) is 15.6. The predicted octanol–water partition coefficient (Wildman–Crippen LogP) is 1.78. The van der Waals surface area contributed by atoms with Gasteiger partial charge in [-0.2, -0.15) is 0 Å². The Morgan fingerprint density at radius 3 is 2.21 bits per heavy atom. The SMILES string of the molecule is CCCCC(O)C(O)C#C[Si](C)(C)C. The van der Waals surface area contributed by atoms with Gasteiger partial charge in [-0.15, -0.1) is 5.54 Å². The second-order valence-corrected chi connectivity index (χ2v) is 9.42. The molecule has 0 aromatic rings. The van der Waals surface area contributed by atoms with Crippen LogP contribution in [0.2, 0.25) is 19.6 Å². The van der Waals surface area contributed by atoms with Gasteiger partial charge >= 0.3 is 0 Å². The molecule has 0 bridgehead atoms. The standard InChI is InChI=1S/C11H22O2Si/c1-5-6-7-10(12)11(13)8-9-14(2,3)4/h10-13H,5-7H2,1-4H3. The molecule has 0 amide bonds. The maximum atomic E-state index is 9.51. The van der Waals surface area contributed by atoms with Crippen LogP contribution in [0.4, 0.5) is 0 Å². The lowest BCUT2D eigenvalue weighted by molar-refractivity contribution is 0.0473. The van der Waals surface area contributed by atoms with Crippen molar-refractivity contribution in [3.05, 3.63) is 0 Å². The van der Waals surface area contributed by atoms with Crippen LogP contribution >= 0.6 is 0 Å². The molecule has 82 valence electrons. The quantitative estimate of drug-likeness (QED) is 0.553. The molecule has 2 nitrogen and oxygen atoms in total. The number of rotatable bonds is 4. The molecule has 0 aliphatic carbocycles. The molecule has 0 heterocycles. The zero-order valence-electron chi connectivity index (χ0n) is 9.67. The Morgan fingerprint density at radius 1 is 1.21 bits per heavy atom. The van der Waals surface area contributed by atoms with Crippen LogP contribution < -0.4 is 0 Å². The van der Waals surface area contributed by atoms with Crippen molar-refractivity contribution in [2.24, 2.45) is 0 Å². The first kappa shape index (κ1) is 13.7. The van der Waals surface area contributed by atoms with Crippen molar-refractivity contribution in [1.82, 2.24) is 0 Å². The third kappa shape index (κ3) is 7.13. The summed E-state index contributed by atoms with van der Waals surface area (Å²) in [7, 11) is -1.43. The van der Waals surface area contributed by atoms with Gasteiger partial charge in [0.05, 0.1) is 6.10 Å². The summed E-state index contributed by atoms with van der Waals surface area (Å²) in [5.41, 5.74) is 3.06. The zero-order valence-corrected chi connectivity index (χ0v) is 10.7. The Balaban J connectivity index is 4.04. The summed E-state index contributed by atoms with van der Waals surface area (Å²) in [4.78, 5) is 0. The monoisotopic (exact) mass is 214 g/mol. The molecule has 2 atom stereocenters. The van der Waals surface area contributed by atoms with E-state index < -0.39 is 20.3 Å². The van der Waals surface area contributed by atoms with Gasteiger partial charge in [0, 0.05) is 0 Å².